The summed E-state index contributed by atoms with van der Waals surface area (Å²) < 4.78 is 0. The minimum Gasteiger partial charge on any atom is -0.479 e. The molecule has 0 aliphatic heterocycles. The van der Waals surface area contributed by atoms with Gasteiger partial charge in [0.25, 0.3) is 0 Å². The van der Waals surface area contributed by atoms with E-state index in [1.54, 1.807) is 0 Å². The maximum Gasteiger partial charge on any atom is 0.332 e. The molecule has 0 amide bonds. The van der Waals surface area contributed by atoms with Crippen molar-refractivity contribution >= 4 is 5.97 Å². The fourth-order valence-corrected chi connectivity index (χ4v) is 2.47. The van der Waals surface area contributed by atoms with Crippen molar-refractivity contribution in [2.45, 2.75) is 39.2 Å². The molecular formula is C10H18O3. The van der Waals surface area contributed by atoms with Crippen molar-refractivity contribution < 1.29 is 15.0 Å². The Morgan fingerprint density at radius 2 is 1.69 bits per heavy atom. The van der Waals surface area contributed by atoms with Crippen molar-refractivity contribution in [3.05, 3.63) is 0 Å². The molecule has 0 aromatic rings. The highest BCUT2D eigenvalue weighted by atomic mass is 16.4. The molecule has 1 saturated carbocycles. The third kappa shape index (κ3) is 2.69. The smallest absolute Gasteiger partial charge is 0.332 e. The molecule has 0 radical (unpaired) electrons. The largest absolute Gasteiger partial charge is 0.479 e. The van der Waals surface area contributed by atoms with Crippen LogP contribution in [0.4, 0.5) is 0 Å². The van der Waals surface area contributed by atoms with E-state index in [1.807, 2.05) is 0 Å². The molecule has 1 aliphatic rings. The Morgan fingerprint density at radius 1 is 1.23 bits per heavy atom. The monoisotopic (exact) mass is 186 g/mol. The van der Waals surface area contributed by atoms with Crippen LogP contribution in [0.5, 0.6) is 0 Å². The third-order valence-corrected chi connectivity index (χ3v) is 2.91. The first-order chi connectivity index (χ1) is 6.00. The van der Waals surface area contributed by atoms with Crippen LogP contribution in [0.15, 0.2) is 0 Å². The number of hydrogen-bond donors (Lipinski definition) is 2. The molecule has 0 saturated heterocycles. The average Bonchev–Trinajstić information content (AvgIpc) is 2.01. The van der Waals surface area contributed by atoms with E-state index in [0.29, 0.717) is 11.8 Å². The van der Waals surface area contributed by atoms with Gasteiger partial charge in [-0.3, -0.25) is 0 Å². The molecule has 3 atom stereocenters. The van der Waals surface area contributed by atoms with E-state index in [0.717, 1.165) is 19.3 Å². The summed E-state index contributed by atoms with van der Waals surface area (Å²) in [6.07, 6.45) is 1.68. The number of hydrogen-bond acceptors (Lipinski definition) is 2. The first kappa shape index (κ1) is 10.5. The van der Waals surface area contributed by atoms with Gasteiger partial charge in [0.1, 0.15) is 0 Å². The second-order valence-corrected chi connectivity index (χ2v) is 4.46. The Labute approximate surface area is 78.8 Å². The number of aliphatic hydroxyl groups is 1. The lowest BCUT2D eigenvalue weighted by molar-refractivity contribution is -0.151. The van der Waals surface area contributed by atoms with Crippen molar-refractivity contribution in [3.63, 3.8) is 0 Å². The summed E-state index contributed by atoms with van der Waals surface area (Å²) in [7, 11) is 0. The number of aliphatic carboxylic acids is 1. The van der Waals surface area contributed by atoms with Gasteiger partial charge in [-0.15, -0.1) is 0 Å². The van der Waals surface area contributed by atoms with Crippen LogP contribution in [0.2, 0.25) is 0 Å². The number of rotatable bonds is 2. The minimum atomic E-state index is -1.16. The van der Waals surface area contributed by atoms with Crippen molar-refractivity contribution in [3.8, 4) is 0 Å². The quantitative estimate of drug-likeness (QED) is 0.687. The first-order valence-corrected chi connectivity index (χ1v) is 4.91. The highest BCUT2D eigenvalue weighted by Gasteiger charge is 2.32. The van der Waals surface area contributed by atoms with E-state index >= 15 is 0 Å². The molecule has 0 aromatic carbocycles. The van der Waals surface area contributed by atoms with Crippen molar-refractivity contribution in [2.24, 2.45) is 17.8 Å². The topological polar surface area (TPSA) is 57.5 Å². The minimum absolute atomic E-state index is 0.0451. The number of carboxylic acid groups (broad SMARTS) is 1. The van der Waals surface area contributed by atoms with Gasteiger partial charge in [-0.1, -0.05) is 13.8 Å². The lowest BCUT2D eigenvalue weighted by atomic mass is 9.74. The Balaban J connectivity index is 2.54. The molecule has 1 fully saturated rings. The predicted octanol–water partition coefficient (Wildman–Crippen LogP) is 1.50. The molecule has 3 unspecified atom stereocenters. The van der Waals surface area contributed by atoms with E-state index < -0.39 is 12.1 Å². The van der Waals surface area contributed by atoms with E-state index in [2.05, 4.69) is 13.8 Å². The molecule has 0 bridgehead atoms. The van der Waals surface area contributed by atoms with Crippen LogP contribution in [0.25, 0.3) is 0 Å². The van der Waals surface area contributed by atoms with Crippen molar-refractivity contribution in [1.82, 2.24) is 0 Å². The van der Waals surface area contributed by atoms with Crippen molar-refractivity contribution in [2.75, 3.05) is 0 Å². The summed E-state index contributed by atoms with van der Waals surface area (Å²) >= 11 is 0. The zero-order chi connectivity index (χ0) is 10.0. The summed E-state index contributed by atoms with van der Waals surface area (Å²) in [5, 5.41) is 18.0. The maximum atomic E-state index is 10.6. The summed E-state index contributed by atoms with van der Waals surface area (Å²) in [5.41, 5.74) is 0. The molecule has 3 heteroatoms. The molecule has 0 aromatic heterocycles. The van der Waals surface area contributed by atoms with Gasteiger partial charge in [-0.25, -0.2) is 4.79 Å². The zero-order valence-corrected chi connectivity index (χ0v) is 8.23. The fraction of sp³-hybridized carbons (Fsp3) is 0.900. The van der Waals surface area contributed by atoms with Gasteiger partial charge in [-0.05, 0) is 37.0 Å². The van der Waals surface area contributed by atoms with E-state index in [1.165, 1.54) is 0 Å². The second kappa shape index (κ2) is 4.09. The van der Waals surface area contributed by atoms with Crippen LogP contribution in [-0.2, 0) is 4.79 Å². The lowest BCUT2D eigenvalue weighted by Crippen LogP contribution is -2.34. The zero-order valence-electron chi connectivity index (χ0n) is 8.23. The van der Waals surface area contributed by atoms with Crippen LogP contribution in [-0.4, -0.2) is 22.3 Å². The second-order valence-electron chi connectivity index (χ2n) is 4.46. The standard InChI is InChI=1S/C10H18O3/c1-6-3-7(2)5-8(4-6)9(11)10(12)13/h6-9,11H,3-5H2,1-2H3,(H,12,13). The van der Waals surface area contributed by atoms with E-state index in [9.17, 15) is 9.90 Å². The highest BCUT2D eigenvalue weighted by Crippen LogP contribution is 2.34. The van der Waals surface area contributed by atoms with E-state index in [4.69, 9.17) is 5.11 Å². The third-order valence-electron chi connectivity index (χ3n) is 2.91. The van der Waals surface area contributed by atoms with Crippen LogP contribution in [0, 0.1) is 17.8 Å². The molecule has 0 heterocycles. The van der Waals surface area contributed by atoms with Gasteiger partial charge in [0.2, 0.25) is 0 Å². The fourth-order valence-electron chi connectivity index (χ4n) is 2.47. The Bertz CT molecular complexity index is 181. The highest BCUT2D eigenvalue weighted by molar-refractivity contribution is 5.72. The van der Waals surface area contributed by atoms with Crippen LogP contribution in [0.1, 0.15) is 33.1 Å². The lowest BCUT2D eigenvalue weighted by Gasteiger charge is -2.32. The Kier molecular flexibility index (Phi) is 3.31. The Morgan fingerprint density at radius 3 is 2.08 bits per heavy atom. The molecule has 76 valence electrons. The summed E-state index contributed by atoms with van der Waals surface area (Å²) in [6, 6.07) is 0. The van der Waals surface area contributed by atoms with Crippen LogP contribution >= 0.6 is 0 Å². The van der Waals surface area contributed by atoms with Gasteiger partial charge in [0.05, 0.1) is 0 Å². The number of carbonyl (C=O) groups is 1. The van der Waals surface area contributed by atoms with Crippen LogP contribution < -0.4 is 0 Å². The van der Waals surface area contributed by atoms with Crippen molar-refractivity contribution in [1.29, 1.82) is 0 Å². The Hall–Kier alpha value is -0.570. The van der Waals surface area contributed by atoms with E-state index in [-0.39, 0.29) is 5.92 Å². The maximum absolute atomic E-state index is 10.6. The van der Waals surface area contributed by atoms with Crippen LogP contribution in [0.3, 0.4) is 0 Å². The summed E-state index contributed by atoms with van der Waals surface area (Å²) in [6.45, 7) is 4.24. The normalized spacial score (nSPS) is 37.0. The van der Waals surface area contributed by atoms with Gasteiger partial charge in [0, 0.05) is 0 Å². The first-order valence-electron chi connectivity index (χ1n) is 4.91. The SMILES string of the molecule is CC1CC(C)CC(C(O)C(=O)O)C1. The molecule has 3 nitrogen and oxygen atoms in total. The summed E-state index contributed by atoms with van der Waals surface area (Å²) in [4.78, 5) is 10.6. The molecular weight excluding hydrogens is 168 g/mol. The molecule has 0 spiro atoms. The van der Waals surface area contributed by atoms with Gasteiger partial charge >= 0.3 is 5.97 Å². The summed E-state index contributed by atoms with van der Waals surface area (Å²) in [5.74, 6) is -0.0342. The average molecular weight is 186 g/mol. The molecule has 1 rings (SSSR count). The predicted molar refractivity (Wildman–Crippen MR) is 49.3 cm³/mol. The number of aliphatic hydroxyl groups excluding tert-OH is 1. The number of carboxylic acids is 1. The van der Waals surface area contributed by atoms with Gasteiger partial charge in [-0.2, -0.15) is 0 Å². The van der Waals surface area contributed by atoms with Gasteiger partial charge < -0.3 is 10.2 Å². The molecule has 13 heavy (non-hydrogen) atoms. The molecule has 1 aliphatic carbocycles. The molecule has 2 N–H and O–H groups in total. The van der Waals surface area contributed by atoms with Gasteiger partial charge in [0.15, 0.2) is 6.10 Å².